The second-order valence-corrected chi connectivity index (χ2v) is 8.93. The number of hydrogen-bond acceptors (Lipinski definition) is 3. The number of rotatable bonds is 6. The highest BCUT2D eigenvalue weighted by Gasteiger charge is 2.27. The minimum atomic E-state index is -0.0118. The predicted molar refractivity (Wildman–Crippen MR) is 105 cm³/mol. The van der Waals surface area contributed by atoms with Gasteiger partial charge >= 0.3 is 0 Å². The number of nitrogens with one attached hydrogen (secondary N) is 2. The summed E-state index contributed by atoms with van der Waals surface area (Å²) in [5.41, 5.74) is 1.14. The first-order chi connectivity index (χ1) is 11.3. The van der Waals surface area contributed by atoms with Crippen molar-refractivity contribution >= 4 is 33.2 Å². The van der Waals surface area contributed by atoms with Crippen molar-refractivity contribution in [3.8, 4) is 0 Å². The average molecular weight is 409 g/mol. The zero-order chi connectivity index (χ0) is 17.7. The van der Waals surface area contributed by atoms with Gasteiger partial charge in [-0.15, -0.1) is 11.3 Å². The van der Waals surface area contributed by atoms with E-state index in [0.29, 0.717) is 6.54 Å². The molecule has 1 amide bonds. The maximum Gasteiger partial charge on any atom is 0.234 e. The highest BCUT2D eigenvalue weighted by molar-refractivity contribution is 9.10. The summed E-state index contributed by atoms with van der Waals surface area (Å²) in [6.45, 7) is 8.87. The van der Waals surface area contributed by atoms with E-state index in [4.69, 9.17) is 0 Å². The van der Waals surface area contributed by atoms with E-state index in [9.17, 15) is 4.79 Å². The molecule has 1 aromatic carbocycles. The van der Waals surface area contributed by atoms with E-state index in [2.05, 4.69) is 64.8 Å². The van der Waals surface area contributed by atoms with Crippen LogP contribution in [0.3, 0.4) is 0 Å². The fraction of sp³-hybridized carbons (Fsp3) is 0.421. The van der Waals surface area contributed by atoms with E-state index in [0.717, 1.165) is 10.0 Å². The standard InChI is InChI=1S/C19H25BrN2OS/c1-13(14-7-9-15(20)10-8-14)22-17(23)12-21-18(19(2,3)4)16-6-5-11-24-16/h5-11,13,18,21H,12H2,1-4H3,(H,22,23)/t13-,18+/m0/s1. The monoisotopic (exact) mass is 408 g/mol. The molecule has 130 valence electrons. The molecule has 0 aliphatic heterocycles. The third-order valence-electron chi connectivity index (χ3n) is 3.91. The van der Waals surface area contributed by atoms with Crippen LogP contribution in [0, 0.1) is 5.41 Å². The third kappa shape index (κ3) is 5.43. The number of hydrogen-bond donors (Lipinski definition) is 2. The Hall–Kier alpha value is -1.17. The summed E-state index contributed by atoms with van der Waals surface area (Å²) in [5, 5.41) is 8.55. The molecular weight excluding hydrogens is 384 g/mol. The second-order valence-electron chi connectivity index (χ2n) is 7.04. The molecule has 2 aromatic rings. The van der Waals surface area contributed by atoms with Crippen LogP contribution in [-0.2, 0) is 4.79 Å². The van der Waals surface area contributed by atoms with E-state index in [1.807, 2.05) is 31.2 Å². The lowest BCUT2D eigenvalue weighted by atomic mass is 9.86. The van der Waals surface area contributed by atoms with E-state index in [-0.39, 0.29) is 23.4 Å². The molecule has 0 unspecified atom stereocenters. The number of halogens is 1. The van der Waals surface area contributed by atoms with Crippen LogP contribution < -0.4 is 10.6 Å². The van der Waals surface area contributed by atoms with Gasteiger partial charge in [0.15, 0.2) is 0 Å². The molecule has 0 bridgehead atoms. The number of carbonyl (C=O) groups is 1. The number of benzene rings is 1. The second kappa shape index (κ2) is 8.28. The summed E-state index contributed by atoms with van der Waals surface area (Å²) >= 11 is 5.15. The fourth-order valence-electron chi connectivity index (χ4n) is 2.61. The predicted octanol–water partition coefficient (Wildman–Crippen LogP) is 5.06. The van der Waals surface area contributed by atoms with Crippen LogP contribution in [0.5, 0.6) is 0 Å². The first kappa shape index (κ1) is 19.2. The molecule has 0 spiro atoms. The fourth-order valence-corrected chi connectivity index (χ4v) is 3.92. The van der Waals surface area contributed by atoms with Crippen molar-refractivity contribution in [1.82, 2.24) is 10.6 Å². The van der Waals surface area contributed by atoms with Crippen LogP contribution in [0.15, 0.2) is 46.3 Å². The van der Waals surface area contributed by atoms with Crippen LogP contribution in [-0.4, -0.2) is 12.5 Å². The molecule has 3 nitrogen and oxygen atoms in total. The number of thiophene rings is 1. The molecule has 0 aliphatic rings. The van der Waals surface area contributed by atoms with Crippen LogP contribution in [0.25, 0.3) is 0 Å². The van der Waals surface area contributed by atoms with Gasteiger partial charge in [0, 0.05) is 15.4 Å². The van der Waals surface area contributed by atoms with Crippen LogP contribution in [0.4, 0.5) is 0 Å². The molecule has 0 saturated heterocycles. The zero-order valence-electron chi connectivity index (χ0n) is 14.6. The van der Waals surface area contributed by atoms with Crippen LogP contribution >= 0.6 is 27.3 Å². The highest BCUT2D eigenvalue weighted by Crippen LogP contribution is 2.34. The molecule has 0 fully saturated rings. The first-order valence-corrected chi connectivity index (χ1v) is 9.76. The summed E-state index contributed by atoms with van der Waals surface area (Å²) in [7, 11) is 0. The molecule has 5 heteroatoms. The molecule has 2 N–H and O–H groups in total. The van der Waals surface area contributed by atoms with Crippen molar-refractivity contribution < 1.29 is 4.79 Å². The molecular formula is C19H25BrN2OS. The lowest BCUT2D eigenvalue weighted by Gasteiger charge is -2.31. The van der Waals surface area contributed by atoms with E-state index < -0.39 is 0 Å². The zero-order valence-corrected chi connectivity index (χ0v) is 17.0. The topological polar surface area (TPSA) is 41.1 Å². The SMILES string of the molecule is C[C@H](NC(=O)CN[C@H](c1cccs1)C(C)(C)C)c1ccc(Br)cc1. The lowest BCUT2D eigenvalue weighted by Crippen LogP contribution is -2.40. The van der Waals surface area contributed by atoms with Crippen molar-refractivity contribution in [1.29, 1.82) is 0 Å². The van der Waals surface area contributed by atoms with Gasteiger partial charge < -0.3 is 10.6 Å². The van der Waals surface area contributed by atoms with Crippen LogP contribution in [0.1, 0.15) is 50.2 Å². The van der Waals surface area contributed by atoms with Gasteiger partial charge in [0.1, 0.15) is 0 Å². The van der Waals surface area contributed by atoms with Crippen molar-refractivity contribution in [2.45, 2.75) is 39.8 Å². The van der Waals surface area contributed by atoms with Gasteiger partial charge in [-0.25, -0.2) is 0 Å². The Labute approximate surface area is 157 Å². The number of carbonyl (C=O) groups excluding carboxylic acids is 1. The summed E-state index contributed by atoms with van der Waals surface area (Å²) in [5.74, 6) is 0.0104. The molecule has 1 heterocycles. The van der Waals surface area contributed by atoms with E-state index in [1.54, 1.807) is 11.3 Å². The van der Waals surface area contributed by atoms with Gasteiger partial charge in [-0.1, -0.05) is 54.9 Å². The Morgan fingerprint density at radius 3 is 2.42 bits per heavy atom. The van der Waals surface area contributed by atoms with Crippen LogP contribution in [0.2, 0.25) is 0 Å². The smallest absolute Gasteiger partial charge is 0.234 e. The highest BCUT2D eigenvalue weighted by atomic mass is 79.9. The van der Waals surface area contributed by atoms with Crippen molar-refractivity contribution in [3.63, 3.8) is 0 Å². The van der Waals surface area contributed by atoms with Gasteiger partial charge in [0.25, 0.3) is 0 Å². The Bertz CT molecular complexity index is 647. The normalized spacial score (nSPS) is 14.2. The molecule has 0 radical (unpaired) electrons. The number of amides is 1. The van der Waals surface area contributed by atoms with Crippen molar-refractivity contribution in [3.05, 3.63) is 56.7 Å². The summed E-state index contributed by atoms with van der Waals surface area (Å²) in [4.78, 5) is 13.6. The van der Waals surface area contributed by atoms with Gasteiger partial charge in [-0.3, -0.25) is 4.79 Å². The Balaban J connectivity index is 1.92. The van der Waals surface area contributed by atoms with Gasteiger partial charge in [0.05, 0.1) is 12.6 Å². The molecule has 2 atom stereocenters. The third-order valence-corrected chi connectivity index (χ3v) is 5.37. The Kier molecular flexibility index (Phi) is 6.61. The van der Waals surface area contributed by atoms with E-state index in [1.165, 1.54) is 4.88 Å². The minimum absolute atomic E-state index is 0.0104. The lowest BCUT2D eigenvalue weighted by molar-refractivity contribution is -0.121. The maximum absolute atomic E-state index is 12.3. The van der Waals surface area contributed by atoms with E-state index >= 15 is 0 Å². The van der Waals surface area contributed by atoms with Gasteiger partial charge in [0.2, 0.25) is 5.91 Å². The average Bonchev–Trinajstić information content (AvgIpc) is 3.00. The molecule has 2 rings (SSSR count). The quantitative estimate of drug-likeness (QED) is 0.700. The van der Waals surface area contributed by atoms with Gasteiger partial charge in [-0.2, -0.15) is 0 Å². The van der Waals surface area contributed by atoms with Crippen molar-refractivity contribution in [2.24, 2.45) is 5.41 Å². The minimum Gasteiger partial charge on any atom is -0.348 e. The maximum atomic E-state index is 12.3. The molecule has 24 heavy (non-hydrogen) atoms. The summed E-state index contributed by atoms with van der Waals surface area (Å²) in [6, 6.07) is 12.3. The summed E-state index contributed by atoms with van der Waals surface area (Å²) in [6.07, 6.45) is 0. The molecule has 0 saturated carbocycles. The molecule has 0 aliphatic carbocycles. The summed E-state index contributed by atoms with van der Waals surface area (Å²) < 4.78 is 1.04. The van der Waals surface area contributed by atoms with Crippen molar-refractivity contribution in [2.75, 3.05) is 6.54 Å². The Morgan fingerprint density at radius 1 is 1.21 bits per heavy atom. The molecule has 1 aromatic heterocycles. The van der Waals surface area contributed by atoms with Gasteiger partial charge in [-0.05, 0) is 41.5 Å². The first-order valence-electron chi connectivity index (χ1n) is 8.09. The largest absolute Gasteiger partial charge is 0.348 e. The Morgan fingerprint density at radius 2 is 1.88 bits per heavy atom.